The van der Waals surface area contributed by atoms with Gasteiger partial charge in [-0.1, -0.05) is 4.21 Å². The highest BCUT2D eigenvalue weighted by Gasteiger charge is 2.46. The Labute approximate surface area is 183 Å². The van der Waals surface area contributed by atoms with Crippen LogP contribution in [-0.2, 0) is 26.5 Å². The molecule has 0 radical (unpaired) electrons. The van der Waals surface area contributed by atoms with E-state index in [-0.39, 0.29) is 36.1 Å². The van der Waals surface area contributed by atoms with E-state index in [1.165, 1.54) is 16.8 Å². The zero-order valence-electron chi connectivity index (χ0n) is 17.9. The maximum absolute atomic E-state index is 13.2. The fourth-order valence-electron chi connectivity index (χ4n) is 5.74. The smallest absolute Gasteiger partial charge is 0.320 e. The van der Waals surface area contributed by atoms with Gasteiger partial charge in [-0.25, -0.2) is 4.79 Å². The molecule has 5 rings (SSSR count). The lowest BCUT2D eigenvalue weighted by atomic mass is 9.76. The van der Waals surface area contributed by atoms with Crippen LogP contribution in [0.5, 0.6) is 0 Å². The zero-order valence-corrected chi connectivity index (χ0v) is 18.7. The van der Waals surface area contributed by atoms with Crippen molar-refractivity contribution in [2.75, 3.05) is 45.8 Å². The standard InChI is InChI=1S/C20H30N6O4S/c1-22-13-18(21-14-22)31(29,30)25-7-5-23(6-8-25)20(28)24-10-15-9-16(12-24)17-3-2-4-19(27)26(17)11-15/h13-17H,2-12H2,1H3/t15?,16?,17-/m1/s1. The highest BCUT2D eigenvalue weighted by Crippen LogP contribution is 2.38. The van der Waals surface area contributed by atoms with Crippen LogP contribution in [-0.4, -0.2) is 96.9 Å². The number of amides is 3. The number of piperazine rings is 1. The van der Waals surface area contributed by atoms with Crippen molar-refractivity contribution in [1.29, 1.82) is 0 Å². The van der Waals surface area contributed by atoms with Crippen LogP contribution in [0.15, 0.2) is 17.6 Å². The van der Waals surface area contributed by atoms with Crippen molar-refractivity contribution in [2.45, 2.75) is 36.8 Å². The maximum atomic E-state index is 13.2. The third-order valence-electron chi connectivity index (χ3n) is 7.24. The predicted molar refractivity (Wildman–Crippen MR) is 111 cm³/mol. The number of imidazole rings is 1. The second-order valence-electron chi connectivity index (χ2n) is 9.32. The highest BCUT2D eigenvalue weighted by atomic mass is 32.3. The van der Waals surface area contributed by atoms with E-state index in [0.29, 0.717) is 44.4 Å². The molecule has 0 aromatic carbocycles. The first-order valence-corrected chi connectivity index (χ1v) is 12.6. The average molecular weight is 451 g/mol. The van der Waals surface area contributed by atoms with E-state index in [1.807, 2.05) is 4.90 Å². The fraction of sp³-hybridized carbons (Fsp3) is 0.750. The molecule has 2 bridgehead atoms. The Morgan fingerprint density at radius 1 is 1.16 bits per heavy atom. The average Bonchev–Trinajstić information content (AvgIpc) is 3.21. The molecular formula is C20H30N6O4S. The predicted octanol–water partition coefficient (Wildman–Crippen LogP) is 0.394. The number of carbonyl (C=O) groups excluding carboxylic acids is 2. The van der Waals surface area contributed by atoms with E-state index >= 15 is 0 Å². The molecule has 1 aromatic rings. The molecule has 4 saturated heterocycles. The largest absolute Gasteiger partial charge is 0.591 e. The molecule has 0 aliphatic carbocycles. The van der Waals surface area contributed by atoms with Gasteiger partial charge in [0.15, 0.2) is 10.4 Å². The topological polar surface area (TPSA) is 105 Å². The molecule has 10 nitrogen and oxygen atoms in total. The van der Waals surface area contributed by atoms with Gasteiger partial charge in [-0.2, -0.15) is 4.98 Å². The quantitative estimate of drug-likeness (QED) is 0.607. The zero-order chi connectivity index (χ0) is 21.8. The van der Waals surface area contributed by atoms with E-state index in [1.54, 1.807) is 16.5 Å². The SMILES string of the molecule is Cn1cnc([S+](=O)([O-])N2CCN(C(=O)N3CC4CC(C3)[C@H]3CCCC(=O)N3C4)CC2)c1. The molecule has 0 saturated carbocycles. The van der Waals surface area contributed by atoms with Gasteiger partial charge in [0.25, 0.3) is 5.03 Å². The van der Waals surface area contributed by atoms with Gasteiger partial charge in [0.2, 0.25) is 5.91 Å². The Morgan fingerprint density at radius 2 is 1.94 bits per heavy atom. The first kappa shape index (κ1) is 20.9. The number of nitrogens with zero attached hydrogens (tertiary/aromatic N) is 6. The lowest BCUT2D eigenvalue weighted by molar-refractivity contribution is -0.144. The molecule has 3 amide bonds. The molecule has 170 valence electrons. The van der Waals surface area contributed by atoms with Crippen LogP contribution in [0.1, 0.15) is 25.7 Å². The number of carbonyl (C=O) groups is 2. The number of fused-ring (bicyclic) bond motifs is 4. The van der Waals surface area contributed by atoms with Crippen LogP contribution < -0.4 is 0 Å². The van der Waals surface area contributed by atoms with Crippen LogP contribution >= 0.6 is 0 Å². The molecule has 4 aliphatic heterocycles. The number of hydrogen-bond acceptors (Lipinski definition) is 5. The number of aromatic nitrogens is 2. The summed E-state index contributed by atoms with van der Waals surface area (Å²) in [7, 11) is -1.90. The summed E-state index contributed by atoms with van der Waals surface area (Å²) in [5, 5.41) is 0.0465. The minimum Gasteiger partial charge on any atom is -0.591 e. The van der Waals surface area contributed by atoms with Crippen molar-refractivity contribution in [1.82, 2.24) is 28.6 Å². The third-order valence-corrected chi connectivity index (χ3v) is 9.03. The van der Waals surface area contributed by atoms with Crippen molar-refractivity contribution in [3.05, 3.63) is 12.5 Å². The Balaban J connectivity index is 1.20. The summed E-state index contributed by atoms with van der Waals surface area (Å²) < 4.78 is 28.6. The molecule has 3 unspecified atom stereocenters. The Hall–Kier alpha value is -1.98. The minimum atomic E-state index is -3.63. The molecule has 4 atom stereocenters. The number of urea groups is 1. The molecule has 4 aliphatic rings. The van der Waals surface area contributed by atoms with E-state index < -0.39 is 10.4 Å². The van der Waals surface area contributed by atoms with Crippen LogP contribution in [0.2, 0.25) is 0 Å². The number of likely N-dealkylation sites (tertiary alicyclic amines) is 1. The van der Waals surface area contributed by atoms with Gasteiger partial charge in [-0.15, -0.1) is 4.31 Å². The minimum absolute atomic E-state index is 0.000157. The van der Waals surface area contributed by atoms with E-state index in [2.05, 4.69) is 9.88 Å². The normalized spacial score (nSPS) is 31.4. The molecule has 4 fully saturated rings. The van der Waals surface area contributed by atoms with Crippen LogP contribution in [0.25, 0.3) is 0 Å². The summed E-state index contributed by atoms with van der Waals surface area (Å²) in [5.41, 5.74) is 0. The van der Waals surface area contributed by atoms with Gasteiger partial charge in [0, 0.05) is 52.2 Å². The number of rotatable bonds is 2. The number of hydrogen-bond donors (Lipinski definition) is 0. The number of piperidine rings is 3. The van der Waals surface area contributed by atoms with Crippen molar-refractivity contribution in [3.63, 3.8) is 0 Å². The molecule has 1 aromatic heterocycles. The molecule has 0 spiro atoms. The third kappa shape index (κ3) is 3.76. The second kappa shape index (κ2) is 7.86. The van der Waals surface area contributed by atoms with Crippen LogP contribution in [0.4, 0.5) is 4.79 Å². The summed E-state index contributed by atoms with van der Waals surface area (Å²) in [5.74, 6) is 0.967. The summed E-state index contributed by atoms with van der Waals surface area (Å²) >= 11 is 0. The van der Waals surface area contributed by atoms with Crippen molar-refractivity contribution < 1.29 is 18.4 Å². The number of aryl methyl sites for hydroxylation is 1. The van der Waals surface area contributed by atoms with Crippen molar-refractivity contribution in [2.24, 2.45) is 18.9 Å². The summed E-state index contributed by atoms with van der Waals surface area (Å²) in [4.78, 5) is 35.3. The Kier molecular flexibility index (Phi) is 5.30. The summed E-state index contributed by atoms with van der Waals surface area (Å²) in [6, 6.07) is 0.272. The Morgan fingerprint density at radius 3 is 2.65 bits per heavy atom. The van der Waals surface area contributed by atoms with Crippen molar-refractivity contribution in [3.8, 4) is 0 Å². The van der Waals surface area contributed by atoms with E-state index in [4.69, 9.17) is 0 Å². The van der Waals surface area contributed by atoms with Crippen LogP contribution in [0, 0.1) is 11.8 Å². The maximum Gasteiger partial charge on any atom is 0.320 e. The monoisotopic (exact) mass is 450 g/mol. The van der Waals surface area contributed by atoms with E-state index in [9.17, 15) is 18.4 Å². The van der Waals surface area contributed by atoms with Crippen LogP contribution in [0.3, 0.4) is 0 Å². The lowest BCUT2D eigenvalue weighted by Gasteiger charge is -2.53. The molecule has 31 heavy (non-hydrogen) atoms. The molecular weight excluding hydrogens is 420 g/mol. The molecule has 0 N–H and O–H groups in total. The van der Waals surface area contributed by atoms with E-state index in [0.717, 1.165) is 25.8 Å². The second-order valence-corrected chi connectivity index (χ2v) is 11.2. The van der Waals surface area contributed by atoms with Crippen molar-refractivity contribution >= 4 is 22.3 Å². The summed E-state index contributed by atoms with van der Waals surface area (Å²) in [6.07, 6.45) is 6.70. The van der Waals surface area contributed by atoms with Gasteiger partial charge in [0.05, 0.1) is 25.6 Å². The van der Waals surface area contributed by atoms with Gasteiger partial charge < -0.3 is 23.8 Å². The Bertz CT molecular complexity index is 913. The highest BCUT2D eigenvalue weighted by molar-refractivity contribution is 7.95. The van der Waals surface area contributed by atoms with Gasteiger partial charge in [-0.05, 0) is 31.1 Å². The first-order valence-electron chi connectivity index (χ1n) is 11.1. The lowest BCUT2D eigenvalue weighted by Crippen LogP contribution is -2.63. The molecule has 11 heteroatoms. The van der Waals surface area contributed by atoms with Gasteiger partial charge in [-0.3, -0.25) is 4.79 Å². The fourth-order valence-corrected chi connectivity index (χ4v) is 7.13. The number of sulfonamides is 1. The molecule has 5 heterocycles. The summed E-state index contributed by atoms with van der Waals surface area (Å²) in [6.45, 7) is 3.44. The first-order chi connectivity index (χ1) is 14.8. The van der Waals surface area contributed by atoms with Gasteiger partial charge >= 0.3 is 6.03 Å². The van der Waals surface area contributed by atoms with Gasteiger partial charge in [0.1, 0.15) is 0 Å².